The molecule has 0 N–H and O–H groups in total. The molecular weight excluding hydrogens is 302 g/mol. The van der Waals surface area contributed by atoms with E-state index in [1.807, 2.05) is 25.1 Å². The van der Waals surface area contributed by atoms with E-state index in [9.17, 15) is 0 Å². The summed E-state index contributed by atoms with van der Waals surface area (Å²) in [5.41, 5.74) is 3.13. The van der Waals surface area contributed by atoms with Crippen molar-refractivity contribution in [3.63, 3.8) is 0 Å². The molecule has 0 spiro atoms. The van der Waals surface area contributed by atoms with Gasteiger partial charge in [0.2, 0.25) is 0 Å². The largest absolute Gasteiger partial charge is 0.238 e. The zero-order chi connectivity index (χ0) is 12.4. The Hall–Kier alpha value is -1.31. The Bertz CT molecular complexity index is 579. The molecule has 0 aliphatic rings. The summed E-state index contributed by atoms with van der Waals surface area (Å²) >= 11 is 9.32. The van der Waals surface area contributed by atoms with Gasteiger partial charge in [0.1, 0.15) is 6.07 Å². The Morgan fingerprint density at radius 1 is 1.53 bits per heavy atom. The highest BCUT2D eigenvalue weighted by molar-refractivity contribution is 9.08. The van der Waals surface area contributed by atoms with E-state index in [1.54, 1.807) is 10.9 Å². The normalized spacial score (nSPS) is 10.2. The molecule has 0 amide bonds. The molecule has 0 unspecified atom stereocenters. The Kier molecular flexibility index (Phi) is 3.51. The van der Waals surface area contributed by atoms with Crippen LogP contribution in [-0.2, 0) is 5.33 Å². The Morgan fingerprint density at radius 3 is 2.82 bits per heavy atom. The van der Waals surface area contributed by atoms with Crippen LogP contribution < -0.4 is 0 Å². The number of aromatic nitrogens is 2. The van der Waals surface area contributed by atoms with Gasteiger partial charge in [-0.1, -0.05) is 33.6 Å². The van der Waals surface area contributed by atoms with E-state index in [0.29, 0.717) is 10.6 Å². The maximum absolute atomic E-state index is 9.14. The molecule has 1 aromatic heterocycles. The van der Waals surface area contributed by atoms with Gasteiger partial charge in [0, 0.05) is 11.5 Å². The molecule has 0 radical (unpaired) electrons. The Labute approximate surface area is 113 Å². The number of benzene rings is 1. The smallest absolute Gasteiger partial charge is 0.101 e. The fourth-order valence-electron chi connectivity index (χ4n) is 1.52. The molecule has 0 atom stereocenters. The quantitative estimate of drug-likeness (QED) is 0.795. The number of halogens is 2. The van der Waals surface area contributed by atoms with Crippen molar-refractivity contribution in [1.82, 2.24) is 9.78 Å². The number of aryl methyl sites for hydroxylation is 1. The van der Waals surface area contributed by atoms with E-state index in [4.69, 9.17) is 16.9 Å². The second kappa shape index (κ2) is 4.91. The highest BCUT2D eigenvalue weighted by atomic mass is 79.9. The summed E-state index contributed by atoms with van der Waals surface area (Å²) in [6.45, 7) is 1.83. The molecule has 3 nitrogen and oxygen atoms in total. The van der Waals surface area contributed by atoms with Crippen molar-refractivity contribution in [2.24, 2.45) is 0 Å². The van der Waals surface area contributed by atoms with Crippen LogP contribution in [0, 0.1) is 18.3 Å². The summed E-state index contributed by atoms with van der Waals surface area (Å²) in [7, 11) is 0. The van der Waals surface area contributed by atoms with Crippen molar-refractivity contribution < 1.29 is 0 Å². The van der Waals surface area contributed by atoms with Crippen molar-refractivity contribution in [1.29, 1.82) is 5.26 Å². The van der Waals surface area contributed by atoms with Gasteiger partial charge in [-0.05, 0) is 24.6 Å². The summed E-state index contributed by atoms with van der Waals surface area (Å²) in [6, 6.07) is 7.84. The van der Waals surface area contributed by atoms with Gasteiger partial charge in [-0.3, -0.25) is 0 Å². The third-order valence-corrected chi connectivity index (χ3v) is 3.44. The number of nitriles is 1. The maximum Gasteiger partial charge on any atom is 0.101 e. The lowest BCUT2D eigenvalue weighted by atomic mass is 10.1. The fourth-order valence-corrected chi connectivity index (χ4v) is 2.00. The topological polar surface area (TPSA) is 41.6 Å². The Balaban J connectivity index is 2.56. The summed E-state index contributed by atoms with van der Waals surface area (Å²) in [6.07, 6.45) is 1.71. The van der Waals surface area contributed by atoms with Crippen molar-refractivity contribution in [3.8, 4) is 11.8 Å². The monoisotopic (exact) mass is 309 g/mol. The lowest BCUT2D eigenvalue weighted by Gasteiger charge is -2.05. The van der Waals surface area contributed by atoms with Gasteiger partial charge in [0.15, 0.2) is 0 Å². The fraction of sp³-hybridized carbons (Fsp3) is 0.167. The lowest BCUT2D eigenvalue weighted by Crippen LogP contribution is -1.99. The predicted molar refractivity (Wildman–Crippen MR) is 70.7 cm³/mol. The van der Waals surface area contributed by atoms with E-state index in [0.717, 1.165) is 22.3 Å². The molecule has 86 valence electrons. The van der Waals surface area contributed by atoms with Crippen LogP contribution in [0.25, 0.3) is 5.69 Å². The van der Waals surface area contributed by atoms with E-state index in [-0.39, 0.29) is 0 Å². The Morgan fingerprint density at radius 2 is 2.29 bits per heavy atom. The van der Waals surface area contributed by atoms with Crippen LogP contribution in [-0.4, -0.2) is 9.78 Å². The van der Waals surface area contributed by atoms with Crippen molar-refractivity contribution >= 4 is 27.5 Å². The van der Waals surface area contributed by atoms with Crippen molar-refractivity contribution in [2.75, 3.05) is 0 Å². The molecular formula is C12H9BrClN3. The molecule has 2 aromatic rings. The van der Waals surface area contributed by atoms with Gasteiger partial charge in [-0.2, -0.15) is 10.4 Å². The van der Waals surface area contributed by atoms with Gasteiger partial charge in [-0.25, -0.2) is 4.68 Å². The van der Waals surface area contributed by atoms with Crippen LogP contribution in [0.1, 0.15) is 16.8 Å². The summed E-state index contributed by atoms with van der Waals surface area (Å²) in [4.78, 5) is 0. The lowest BCUT2D eigenvalue weighted by molar-refractivity contribution is 0.859. The number of hydrogen-bond donors (Lipinski definition) is 0. The average Bonchev–Trinajstić information content (AvgIpc) is 2.68. The summed E-state index contributed by atoms with van der Waals surface area (Å²) in [5.74, 6) is 0. The van der Waals surface area contributed by atoms with E-state index in [2.05, 4.69) is 27.1 Å². The average molecular weight is 311 g/mol. The number of alkyl halides is 1. The molecule has 0 bridgehead atoms. The van der Waals surface area contributed by atoms with Crippen molar-refractivity contribution in [2.45, 2.75) is 12.3 Å². The molecule has 0 aliphatic heterocycles. The molecule has 0 saturated carbocycles. The van der Waals surface area contributed by atoms with Crippen LogP contribution >= 0.6 is 27.5 Å². The summed E-state index contributed by atoms with van der Waals surface area (Å²) < 4.78 is 1.63. The van der Waals surface area contributed by atoms with Crippen LogP contribution in [0.2, 0.25) is 5.02 Å². The van der Waals surface area contributed by atoms with E-state index < -0.39 is 0 Å². The molecule has 17 heavy (non-hydrogen) atoms. The molecule has 0 saturated heterocycles. The van der Waals surface area contributed by atoms with Crippen molar-refractivity contribution in [3.05, 3.63) is 46.2 Å². The molecule has 1 aromatic carbocycles. The van der Waals surface area contributed by atoms with Crippen LogP contribution in [0.3, 0.4) is 0 Å². The zero-order valence-corrected chi connectivity index (χ0v) is 11.5. The van der Waals surface area contributed by atoms with Crippen LogP contribution in [0.15, 0.2) is 24.4 Å². The first-order chi connectivity index (χ1) is 8.15. The van der Waals surface area contributed by atoms with Crippen LogP contribution in [0.5, 0.6) is 0 Å². The third kappa shape index (κ3) is 2.36. The molecule has 0 aliphatic carbocycles. The van der Waals surface area contributed by atoms with Gasteiger partial charge < -0.3 is 0 Å². The first-order valence-electron chi connectivity index (χ1n) is 4.97. The predicted octanol–water partition coefficient (Wildman–Crippen LogP) is 3.60. The van der Waals surface area contributed by atoms with E-state index >= 15 is 0 Å². The second-order valence-electron chi connectivity index (χ2n) is 3.60. The first kappa shape index (κ1) is 12.2. The minimum Gasteiger partial charge on any atom is -0.238 e. The standard InChI is InChI=1S/C12H9BrClN3/c1-8-11(14)7-17(16-8)12-3-2-9(5-13)4-10(12)6-15/h2-4,7H,5H2,1H3. The minimum absolute atomic E-state index is 0.584. The summed E-state index contributed by atoms with van der Waals surface area (Å²) in [5, 5.41) is 14.7. The van der Waals surface area contributed by atoms with Gasteiger partial charge >= 0.3 is 0 Å². The molecule has 2 rings (SSSR count). The minimum atomic E-state index is 0.584. The molecule has 0 fully saturated rings. The SMILES string of the molecule is Cc1nn(-c2ccc(CBr)cc2C#N)cc1Cl. The van der Waals surface area contributed by atoms with E-state index in [1.165, 1.54) is 0 Å². The van der Waals surface area contributed by atoms with Gasteiger partial charge in [0.05, 0.1) is 22.0 Å². The molecule has 1 heterocycles. The molecule has 5 heteroatoms. The third-order valence-electron chi connectivity index (χ3n) is 2.42. The zero-order valence-electron chi connectivity index (χ0n) is 9.11. The first-order valence-corrected chi connectivity index (χ1v) is 6.46. The number of hydrogen-bond acceptors (Lipinski definition) is 2. The highest BCUT2D eigenvalue weighted by Gasteiger charge is 2.09. The maximum atomic E-state index is 9.14. The second-order valence-corrected chi connectivity index (χ2v) is 4.57. The van der Waals surface area contributed by atoms with Gasteiger partial charge in [0.25, 0.3) is 0 Å². The van der Waals surface area contributed by atoms with Gasteiger partial charge in [-0.15, -0.1) is 0 Å². The number of rotatable bonds is 2. The van der Waals surface area contributed by atoms with Crippen LogP contribution in [0.4, 0.5) is 0 Å². The highest BCUT2D eigenvalue weighted by Crippen LogP contribution is 2.20. The number of nitrogens with zero attached hydrogens (tertiary/aromatic N) is 3.